The van der Waals surface area contributed by atoms with Crippen molar-refractivity contribution in [3.8, 4) is 0 Å². The number of thiophene rings is 1. The monoisotopic (exact) mass is 241 g/mol. The predicted octanol–water partition coefficient (Wildman–Crippen LogP) is 3.52. The summed E-state index contributed by atoms with van der Waals surface area (Å²) in [6.45, 7) is 7.51. The summed E-state index contributed by atoms with van der Waals surface area (Å²) in [5, 5.41) is 5.70. The molecule has 0 aliphatic rings. The fourth-order valence-corrected chi connectivity index (χ4v) is 2.83. The van der Waals surface area contributed by atoms with E-state index in [-0.39, 0.29) is 6.10 Å². The molecule has 0 spiro atoms. The van der Waals surface area contributed by atoms with Gasteiger partial charge in [0, 0.05) is 12.0 Å². The minimum atomic E-state index is 0.276. The number of hydrogen-bond donors (Lipinski definition) is 1. The van der Waals surface area contributed by atoms with E-state index in [1.165, 1.54) is 10.4 Å². The van der Waals surface area contributed by atoms with Gasteiger partial charge in [0.15, 0.2) is 0 Å². The van der Waals surface area contributed by atoms with Crippen LogP contribution in [-0.4, -0.2) is 19.8 Å². The van der Waals surface area contributed by atoms with Gasteiger partial charge in [-0.3, -0.25) is 0 Å². The van der Waals surface area contributed by atoms with E-state index in [2.05, 4.69) is 37.5 Å². The molecule has 16 heavy (non-hydrogen) atoms. The Labute approximate surface area is 103 Å². The molecule has 1 heterocycles. The van der Waals surface area contributed by atoms with Gasteiger partial charge in [-0.05, 0) is 36.9 Å². The van der Waals surface area contributed by atoms with E-state index in [4.69, 9.17) is 4.74 Å². The highest BCUT2D eigenvalue weighted by Crippen LogP contribution is 2.28. The molecule has 0 aliphatic carbocycles. The molecule has 2 unspecified atom stereocenters. The first-order valence-electron chi connectivity index (χ1n) is 6.04. The van der Waals surface area contributed by atoms with Crippen molar-refractivity contribution >= 4 is 11.3 Å². The summed E-state index contributed by atoms with van der Waals surface area (Å²) in [6.07, 6.45) is 2.53. The number of rotatable bonds is 7. The minimum absolute atomic E-state index is 0.276. The van der Waals surface area contributed by atoms with Gasteiger partial charge in [-0.15, -0.1) is 11.3 Å². The molecular weight excluding hydrogens is 218 g/mol. The Morgan fingerprint density at radius 2 is 2.19 bits per heavy atom. The maximum atomic E-state index is 5.63. The summed E-state index contributed by atoms with van der Waals surface area (Å²) < 4.78 is 5.63. The van der Waals surface area contributed by atoms with E-state index >= 15 is 0 Å². The van der Waals surface area contributed by atoms with Crippen LogP contribution < -0.4 is 5.32 Å². The molecule has 0 radical (unpaired) electrons. The predicted molar refractivity (Wildman–Crippen MR) is 71.2 cm³/mol. The zero-order valence-corrected chi connectivity index (χ0v) is 11.6. The summed E-state index contributed by atoms with van der Waals surface area (Å²) in [6, 6.07) is 2.55. The van der Waals surface area contributed by atoms with E-state index < -0.39 is 0 Å². The molecule has 0 saturated heterocycles. The molecule has 0 fully saturated rings. The third-order valence-corrected chi connectivity index (χ3v) is 3.77. The molecule has 3 heteroatoms. The Hall–Kier alpha value is -0.380. The van der Waals surface area contributed by atoms with Crippen LogP contribution in [0.1, 0.15) is 43.2 Å². The maximum Gasteiger partial charge on any atom is 0.0766 e. The summed E-state index contributed by atoms with van der Waals surface area (Å²) in [5.41, 5.74) is 1.40. The van der Waals surface area contributed by atoms with Crippen molar-refractivity contribution in [2.75, 3.05) is 13.7 Å². The zero-order valence-electron chi connectivity index (χ0n) is 10.7. The Bertz CT molecular complexity index is 298. The van der Waals surface area contributed by atoms with Gasteiger partial charge in [0.2, 0.25) is 0 Å². The highest BCUT2D eigenvalue weighted by molar-refractivity contribution is 7.10. The van der Waals surface area contributed by atoms with Crippen LogP contribution in [0.15, 0.2) is 11.4 Å². The SMILES string of the molecule is CCCC(OC)C(NCC)c1ccsc1C. The topological polar surface area (TPSA) is 21.3 Å². The molecule has 1 aromatic rings. The Morgan fingerprint density at radius 3 is 2.62 bits per heavy atom. The van der Waals surface area contributed by atoms with Crippen molar-refractivity contribution in [2.45, 2.75) is 45.8 Å². The lowest BCUT2D eigenvalue weighted by Crippen LogP contribution is -2.33. The van der Waals surface area contributed by atoms with E-state index in [0.29, 0.717) is 6.04 Å². The van der Waals surface area contributed by atoms with Crippen LogP contribution in [0, 0.1) is 6.92 Å². The molecule has 2 nitrogen and oxygen atoms in total. The minimum Gasteiger partial charge on any atom is -0.379 e. The molecule has 0 aliphatic heterocycles. The Kier molecular flexibility index (Phi) is 6.03. The number of ether oxygens (including phenoxy) is 1. The molecular formula is C13H23NOS. The quantitative estimate of drug-likeness (QED) is 0.788. The smallest absolute Gasteiger partial charge is 0.0766 e. The van der Waals surface area contributed by atoms with E-state index in [9.17, 15) is 0 Å². The van der Waals surface area contributed by atoms with Gasteiger partial charge in [-0.25, -0.2) is 0 Å². The number of hydrogen-bond acceptors (Lipinski definition) is 3. The molecule has 0 amide bonds. The number of nitrogens with one attached hydrogen (secondary N) is 1. The van der Waals surface area contributed by atoms with Gasteiger partial charge in [0.05, 0.1) is 12.1 Å². The van der Waals surface area contributed by atoms with Crippen molar-refractivity contribution in [1.29, 1.82) is 0 Å². The van der Waals surface area contributed by atoms with Gasteiger partial charge in [-0.1, -0.05) is 20.3 Å². The molecule has 1 aromatic heterocycles. The molecule has 2 atom stereocenters. The first kappa shape index (κ1) is 13.7. The lowest BCUT2D eigenvalue weighted by atomic mass is 9.99. The van der Waals surface area contributed by atoms with Crippen molar-refractivity contribution in [1.82, 2.24) is 5.32 Å². The third kappa shape index (κ3) is 3.30. The second-order valence-corrected chi connectivity index (χ2v) is 5.15. The fourth-order valence-electron chi connectivity index (χ4n) is 2.08. The average molecular weight is 241 g/mol. The van der Waals surface area contributed by atoms with Crippen LogP contribution in [0.3, 0.4) is 0 Å². The number of likely N-dealkylation sites (N-methyl/N-ethyl adjacent to an activating group) is 1. The molecule has 1 rings (SSSR count). The fraction of sp³-hybridized carbons (Fsp3) is 0.692. The van der Waals surface area contributed by atoms with Crippen LogP contribution in [0.25, 0.3) is 0 Å². The van der Waals surface area contributed by atoms with Gasteiger partial charge in [-0.2, -0.15) is 0 Å². The van der Waals surface area contributed by atoms with Crippen LogP contribution >= 0.6 is 11.3 Å². The zero-order chi connectivity index (χ0) is 12.0. The second-order valence-electron chi connectivity index (χ2n) is 4.03. The van der Waals surface area contributed by atoms with E-state index in [0.717, 1.165) is 19.4 Å². The first-order valence-corrected chi connectivity index (χ1v) is 6.92. The molecule has 0 saturated carbocycles. The van der Waals surface area contributed by atoms with Gasteiger partial charge in [0.1, 0.15) is 0 Å². The van der Waals surface area contributed by atoms with Crippen LogP contribution in [0.5, 0.6) is 0 Å². The molecule has 0 aromatic carbocycles. The van der Waals surface area contributed by atoms with Crippen LogP contribution in [-0.2, 0) is 4.74 Å². The highest BCUT2D eigenvalue weighted by atomic mass is 32.1. The van der Waals surface area contributed by atoms with Crippen LogP contribution in [0.2, 0.25) is 0 Å². The number of aryl methyl sites for hydroxylation is 1. The van der Waals surface area contributed by atoms with Crippen LogP contribution in [0.4, 0.5) is 0 Å². The second kappa shape index (κ2) is 7.05. The normalized spacial score (nSPS) is 15.0. The summed E-state index contributed by atoms with van der Waals surface area (Å²) in [4.78, 5) is 1.39. The molecule has 1 N–H and O–H groups in total. The standard InChI is InChI=1S/C13H23NOS/c1-5-7-12(15-4)13(14-6-2)11-8-9-16-10(11)3/h8-9,12-14H,5-7H2,1-4H3. The Balaban J connectivity index is 2.84. The largest absolute Gasteiger partial charge is 0.379 e. The summed E-state index contributed by atoms with van der Waals surface area (Å²) >= 11 is 1.81. The molecule has 0 bridgehead atoms. The van der Waals surface area contributed by atoms with Gasteiger partial charge >= 0.3 is 0 Å². The maximum absolute atomic E-state index is 5.63. The third-order valence-electron chi connectivity index (χ3n) is 2.91. The summed E-state index contributed by atoms with van der Waals surface area (Å²) in [7, 11) is 1.81. The number of methoxy groups -OCH3 is 1. The first-order chi connectivity index (χ1) is 7.74. The van der Waals surface area contributed by atoms with E-state index in [1.54, 1.807) is 0 Å². The lowest BCUT2D eigenvalue weighted by Gasteiger charge is -2.26. The van der Waals surface area contributed by atoms with E-state index in [1.807, 2.05) is 18.4 Å². The van der Waals surface area contributed by atoms with Gasteiger partial charge in [0.25, 0.3) is 0 Å². The average Bonchev–Trinajstić information content (AvgIpc) is 2.69. The highest BCUT2D eigenvalue weighted by Gasteiger charge is 2.23. The van der Waals surface area contributed by atoms with Crippen molar-refractivity contribution in [2.24, 2.45) is 0 Å². The van der Waals surface area contributed by atoms with Crippen molar-refractivity contribution in [3.05, 3.63) is 21.9 Å². The molecule has 92 valence electrons. The van der Waals surface area contributed by atoms with Crippen molar-refractivity contribution in [3.63, 3.8) is 0 Å². The lowest BCUT2D eigenvalue weighted by molar-refractivity contribution is 0.0610. The Morgan fingerprint density at radius 1 is 1.44 bits per heavy atom. The van der Waals surface area contributed by atoms with Gasteiger partial charge < -0.3 is 10.1 Å². The summed E-state index contributed by atoms with van der Waals surface area (Å²) in [5.74, 6) is 0. The van der Waals surface area contributed by atoms with Crippen molar-refractivity contribution < 1.29 is 4.74 Å².